The molecule has 1 saturated carbocycles. The Morgan fingerprint density at radius 3 is 2.32 bits per heavy atom. The molecule has 2 aromatic carbocycles. The van der Waals surface area contributed by atoms with Crippen molar-refractivity contribution in [3.63, 3.8) is 0 Å². The van der Waals surface area contributed by atoms with Crippen molar-refractivity contribution in [3.05, 3.63) is 108 Å². The number of terminal acetylenes is 1. The van der Waals surface area contributed by atoms with Gasteiger partial charge in [0.15, 0.2) is 5.78 Å². The highest BCUT2D eigenvalue weighted by Crippen LogP contribution is 2.40. The number of hydrogen-bond acceptors (Lipinski definition) is 15. The van der Waals surface area contributed by atoms with Crippen molar-refractivity contribution in [1.82, 2.24) is 19.9 Å². The van der Waals surface area contributed by atoms with E-state index in [2.05, 4.69) is 22.3 Å². The van der Waals surface area contributed by atoms with E-state index in [1.807, 2.05) is 91.4 Å². The number of amides is 1. The van der Waals surface area contributed by atoms with Gasteiger partial charge in [-0.25, -0.2) is 9.48 Å². The lowest BCUT2D eigenvalue weighted by Gasteiger charge is -2.42. The van der Waals surface area contributed by atoms with E-state index in [-0.39, 0.29) is 55.4 Å². The maximum Gasteiger partial charge on any atom is 0.329 e. The summed E-state index contributed by atoms with van der Waals surface area (Å²) in [5, 5.41) is 43.4. The van der Waals surface area contributed by atoms with Gasteiger partial charge >= 0.3 is 5.97 Å². The maximum absolute atomic E-state index is 14.7. The Balaban J connectivity index is 1.14. The highest BCUT2D eigenvalue weighted by molar-refractivity contribution is 6.39. The number of piperidine rings is 1. The molecule has 17 nitrogen and oxygen atoms in total. The predicted octanol–water partition coefficient (Wildman–Crippen LogP) is 8.00. The SMILES string of the molecule is C#Cc1cccc(-c2cccc(-c3cnnn3[C@H]3CC[C@@H](C[C@@H](N)[C@@H]4CC(=O)[C@H](C)/C=C(\C)[C@@H](O)[C@@H](O)C(=O)[C@H](C)C[C@H](C)/C=C/C=C/C=C(\C)[C@@H](OC)C[C@@H]5CC[C@@H](C)[C@@](O)(O5)C(=O)C(=O)N5CCCC[C@H]5C(=O)O4)C[C@H]3OC)c2)c1. The third-order valence-electron chi connectivity index (χ3n) is 17.4. The summed E-state index contributed by atoms with van der Waals surface area (Å²) in [7, 11) is 3.21. The van der Waals surface area contributed by atoms with Gasteiger partial charge < -0.3 is 44.9 Å². The molecule has 0 radical (unpaired) electrons. The van der Waals surface area contributed by atoms with Crippen molar-refractivity contribution < 1.29 is 58.2 Å². The van der Waals surface area contributed by atoms with Crippen molar-refractivity contribution in [2.24, 2.45) is 35.3 Å². The molecule has 15 atom stereocenters. The molecular formula is C65H85N5O12. The third-order valence-corrected chi connectivity index (χ3v) is 17.4. The molecule has 82 heavy (non-hydrogen) atoms. The zero-order chi connectivity index (χ0) is 59.4. The molecule has 2 bridgehead atoms. The molecular weight excluding hydrogens is 1040 g/mol. The lowest BCUT2D eigenvalue weighted by atomic mass is 9.79. The molecule has 7 rings (SSSR count). The number of ketones is 3. The number of rotatable bonds is 8. The second kappa shape index (κ2) is 28.8. The quantitative estimate of drug-likeness (QED) is 0.0723. The number of hydrogen-bond donors (Lipinski definition) is 4. The van der Waals surface area contributed by atoms with E-state index in [1.54, 1.807) is 41.2 Å². The van der Waals surface area contributed by atoms with Crippen LogP contribution in [0.1, 0.15) is 130 Å². The second-order valence-electron chi connectivity index (χ2n) is 23.4. The fourth-order valence-corrected chi connectivity index (χ4v) is 12.3. The lowest BCUT2D eigenvalue weighted by molar-refractivity contribution is -0.265. The Labute approximate surface area is 483 Å². The Hall–Kier alpha value is -6.23. The maximum atomic E-state index is 14.7. The average Bonchev–Trinajstić information content (AvgIpc) is 3.98. The minimum absolute atomic E-state index is 0.0305. The molecule has 4 heterocycles. The van der Waals surface area contributed by atoms with Crippen molar-refractivity contribution in [1.29, 1.82) is 0 Å². The van der Waals surface area contributed by atoms with Crippen LogP contribution < -0.4 is 5.73 Å². The number of carbonyl (C=O) groups is 5. The largest absolute Gasteiger partial charge is 0.459 e. The molecule has 4 aliphatic rings. The van der Waals surface area contributed by atoms with Crippen LogP contribution in [0.15, 0.2) is 102 Å². The number of cyclic esters (lactones) is 1. The van der Waals surface area contributed by atoms with Crippen LogP contribution in [0, 0.1) is 41.9 Å². The van der Waals surface area contributed by atoms with Crippen LogP contribution in [0.3, 0.4) is 0 Å². The molecule has 442 valence electrons. The number of allylic oxidation sites excluding steroid dienone is 6. The summed E-state index contributed by atoms with van der Waals surface area (Å²) >= 11 is 0. The third kappa shape index (κ3) is 15.3. The van der Waals surface area contributed by atoms with Gasteiger partial charge in [0, 0.05) is 68.5 Å². The highest BCUT2D eigenvalue weighted by Gasteiger charge is 2.53. The predicted molar refractivity (Wildman–Crippen MR) is 311 cm³/mol. The van der Waals surface area contributed by atoms with Crippen LogP contribution in [0.25, 0.3) is 22.4 Å². The van der Waals surface area contributed by atoms with Gasteiger partial charge in [-0.15, -0.1) is 11.5 Å². The van der Waals surface area contributed by atoms with Crippen molar-refractivity contribution >= 4 is 29.2 Å². The molecule has 3 aromatic rings. The summed E-state index contributed by atoms with van der Waals surface area (Å²) in [4.78, 5) is 72.6. The minimum Gasteiger partial charge on any atom is -0.459 e. The molecule has 5 N–H and O–H groups in total. The lowest BCUT2D eigenvalue weighted by Crippen LogP contribution is -2.61. The first-order valence-electron chi connectivity index (χ1n) is 29.1. The number of methoxy groups -OCH3 is 2. The minimum atomic E-state index is -2.48. The first-order chi connectivity index (χ1) is 39.2. The van der Waals surface area contributed by atoms with Gasteiger partial charge in [-0.05, 0) is 130 Å². The van der Waals surface area contributed by atoms with Gasteiger partial charge in [-0.3, -0.25) is 19.2 Å². The van der Waals surface area contributed by atoms with Gasteiger partial charge in [0.2, 0.25) is 5.79 Å². The molecule has 1 amide bonds. The topological polar surface area (TPSA) is 243 Å². The van der Waals surface area contributed by atoms with Crippen LogP contribution in [0.2, 0.25) is 0 Å². The van der Waals surface area contributed by atoms with Crippen LogP contribution in [0.4, 0.5) is 0 Å². The Morgan fingerprint density at radius 1 is 0.854 bits per heavy atom. The normalized spacial score (nSPS) is 34.3. The number of carbonyl (C=O) groups excluding carboxylic acids is 5. The molecule has 0 unspecified atom stereocenters. The Morgan fingerprint density at radius 2 is 1.59 bits per heavy atom. The molecule has 3 fully saturated rings. The molecule has 3 aliphatic heterocycles. The van der Waals surface area contributed by atoms with E-state index < -0.39 is 95.4 Å². The van der Waals surface area contributed by atoms with Gasteiger partial charge in [0.05, 0.1) is 36.2 Å². The number of nitrogens with zero attached hydrogens (tertiary/aromatic N) is 4. The summed E-state index contributed by atoms with van der Waals surface area (Å²) in [6.07, 6.45) is 16.9. The van der Waals surface area contributed by atoms with Crippen molar-refractivity contribution in [3.8, 4) is 34.7 Å². The van der Waals surface area contributed by atoms with E-state index in [0.29, 0.717) is 57.8 Å². The fraction of sp³-hybridized carbons (Fsp3) is 0.554. The number of ether oxygens (including phenoxy) is 4. The number of fused-ring (bicyclic) bond motifs is 3. The van der Waals surface area contributed by atoms with E-state index in [4.69, 9.17) is 31.1 Å². The standard InChI is InChI=1S/C65H85N5O12/c1-10-45-20-16-21-47(32-45)48-22-17-23-49(35-48)54-38-67-68-70(54)52-28-26-46(34-58(52)80-9)33-51(66)57-37-55(71)41(4)31-43(6)60(73)61(74)59(72)42(5)30-39(2)18-12-11-13-19-40(3)56(79-8)36-50-27-25-44(7)65(78,82-50)62(75)63(76)69-29-15-14-24-53(69)64(77)81-57/h1,11-13,16-23,31-32,35,38-39,41-42,44,46,50-53,56-58,60-61,73-74,78H,14-15,24-30,33-34,36-37,66H2,2-9H3/b13-11+,18-12+,40-19+,43-31+/t39-,41-,42-,44-,46+,50+,51-,52+,53+,56+,57+,58-,60-,61+,65-/m1/s1. The summed E-state index contributed by atoms with van der Waals surface area (Å²) in [6.45, 7) is 10.4. The van der Waals surface area contributed by atoms with Gasteiger partial charge in [-0.1, -0.05) is 106 Å². The smallest absolute Gasteiger partial charge is 0.329 e. The second-order valence-corrected chi connectivity index (χ2v) is 23.4. The number of aromatic nitrogens is 3. The Bertz CT molecular complexity index is 2900. The molecule has 2 saturated heterocycles. The summed E-state index contributed by atoms with van der Waals surface area (Å²) < 4.78 is 26.4. The summed E-state index contributed by atoms with van der Waals surface area (Å²) in [5.74, 6) is -6.17. The number of nitrogens with two attached hydrogens (primary N) is 1. The number of aliphatic hydroxyl groups excluding tert-OH is 2. The monoisotopic (exact) mass is 1130 g/mol. The van der Waals surface area contributed by atoms with Crippen molar-refractivity contribution in [2.75, 3.05) is 20.8 Å². The van der Waals surface area contributed by atoms with Crippen LogP contribution in [0.5, 0.6) is 0 Å². The average molecular weight is 1130 g/mol. The van der Waals surface area contributed by atoms with E-state index in [1.165, 1.54) is 13.0 Å². The molecule has 17 heteroatoms. The zero-order valence-corrected chi connectivity index (χ0v) is 48.9. The Kier molecular flexibility index (Phi) is 22.3. The van der Waals surface area contributed by atoms with Crippen LogP contribution >= 0.6 is 0 Å². The van der Waals surface area contributed by atoms with E-state index >= 15 is 0 Å². The first kappa shape index (κ1) is 63.4. The molecule has 1 aromatic heterocycles. The van der Waals surface area contributed by atoms with Crippen LogP contribution in [-0.4, -0.2) is 140 Å². The van der Waals surface area contributed by atoms with E-state index in [0.717, 1.165) is 38.4 Å². The highest BCUT2D eigenvalue weighted by atomic mass is 16.6. The fourth-order valence-electron chi connectivity index (χ4n) is 12.3. The number of Topliss-reactive ketones (excluding diaryl/α,β-unsaturated/α-hetero) is 3. The molecule has 0 spiro atoms. The molecule has 1 aliphatic carbocycles. The summed E-state index contributed by atoms with van der Waals surface area (Å²) in [6, 6.07) is 13.6. The van der Waals surface area contributed by atoms with Gasteiger partial charge in [0.25, 0.3) is 11.7 Å². The zero-order valence-electron chi connectivity index (χ0n) is 48.9. The van der Waals surface area contributed by atoms with Gasteiger partial charge in [-0.2, -0.15) is 0 Å². The van der Waals surface area contributed by atoms with Crippen LogP contribution in [-0.2, 0) is 42.9 Å². The number of esters is 1. The van der Waals surface area contributed by atoms with Gasteiger partial charge in [0.1, 0.15) is 30.1 Å². The van der Waals surface area contributed by atoms with Crippen molar-refractivity contribution in [2.45, 2.75) is 179 Å². The van der Waals surface area contributed by atoms with E-state index in [9.17, 15) is 39.3 Å². The number of benzene rings is 2. The first-order valence-corrected chi connectivity index (χ1v) is 29.1. The number of aliphatic hydroxyl groups is 3. The summed E-state index contributed by atoms with van der Waals surface area (Å²) in [5.41, 5.74) is 12.6.